The van der Waals surface area contributed by atoms with Gasteiger partial charge in [-0.15, -0.1) is 0 Å². The first-order chi connectivity index (χ1) is 14.2. The largest absolute Gasteiger partial charge is 0.322 e. The highest BCUT2D eigenvalue weighted by molar-refractivity contribution is 5.91. The fourth-order valence-corrected chi connectivity index (χ4v) is 3.89. The third-order valence-corrected chi connectivity index (χ3v) is 5.38. The van der Waals surface area contributed by atoms with Crippen LogP contribution in [0.15, 0.2) is 67.0 Å². The average Bonchev–Trinajstić information content (AvgIpc) is 3.15. The number of rotatable bonds is 6. The standard InChI is InChI=1S/C23H25FN4O/c24-21-8-4-5-18(13-21)15-28-16-22(14-25-28)26-23(29)17-27-11-9-20(10-12-27)19-6-2-1-3-7-19/h1-8,13-14,16,20H,9-12,15,17H2,(H,26,29). The van der Waals surface area contributed by atoms with E-state index in [0.717, 1.165) is 31.5 Å². The van der Waals surface area contributed by atoms with Crippen LogP contribution in [0.1, 0.15) is 29.9 Å². The zero-order chi connectivity index (χ0) is 20.1. The third-order valence-electron chi connectivity index (χ3n) is 5.38. The summed E-state index contributed by atoms with van der Waals surface area (Å²) in [5.41, 5.74) is 2.88. The molecule has 1 N–H and O–H groups in total. The molecule has 2 heterocycles. The number of hydrogen-bond donors (Lipinski definition) is 1. The molecule has 1 fully saturated rings. The Morgan fingerprint density at radius 1 is 1.10 bits per heavy atom. The minimum atomic E-state index is -0.265. The van der Waals surface area contributed by atoms with Gasteiger partial charge in [-0.25, -0.2) is 4.39 Å². The molecule has 0 unspecified atom stereocenters. The first-order valence-electron chi connectivity index (χ1n) is 10.00. The van der Waals surface area contributed by atoms with Gasteiger partial charge in [0.15, 0.2) is 0 Å². The number of anilines is 1. The summed E-state index contributed by atoms with van der Waals surface area (Å²) in [7, 11) is 0. The number of likely N-dealkylation sites (tertiary alicyclic amines) is 1. The maximum Gasteiger partial charge on any atom is 0.238 e. The van der Waals surface area contributed by atoms with Crippen LogP contribution in [0.25, 0.3) is 0 Å². The van der Waals surface area contributed by atoms with Gasteiger partial charge in [0.2, 0.25) is 5.91 Å². The van der Waals surface area contributed by atoms with Gasteiger partial charge in [-0.3, -0.25) is 14.4 Å². The Balaban J connectivity index is 1.25. The molecule has 150 valence electrons. The molecule has 0 aliphatic carbocycles. The number of benzene rings is 2. The van der Waals surface area contributed by atoms with Crippen molar-refractivity contribution in [1.29, 1.82) is 0 Å². The second-order valence-corrected chi connectivity index (χ2v) is 7.57. The summed E-state index contributed by atoms with van der Waals surface area (Å²) in [4.78, 5) is 14.6. The fourth-order valence-electron chi connectivity index (χ4n) is 3.89. The van der Waals surface area contributed by atoms with Gasteiger partial charge in [-0.1, -0.05) is 42.5 Å². The summed E-state index contributed by atoms with van der Waals surface area (Å²) in [5, 5.41) is 7.16. The van der Waals surface area contributed by atoms with Gasteiger partial charge in [0.1, 0.15) is 5.82 Å². The van der Waals surface area contributed by atoms with Gasteiger partial charge in [-0.2, -0.15) is 5.10 Å². The molecule has 3 aromatic rings. The van der Waals surface area contributed by atoms with Crippen LogP contribution < -0.4 is 5.32 Å². The molecular formula is C23H25FN4O. The van der Waals surface area contributed by atoms with Crippen LogP contribution in [0.2, 0.25) is 0 Å². The lowest BCUT2D eigenvalue weighted by atomic mass is 9.89. The summed E-state index contributed by atoms with van der Waals surface area (Å²) in [6, 6.07) is 17.0. The van der Waals surface area contributed by atoms with Crippen LogP contribution in [-0.2, 0) is 11.3 Å². The highest BCUT2D eigenvalue weighted by Gasteiger charge is 2.22. The number of nitrogens with zero attached hydrogens (tertiary/aromatic N) is 3. The van der Waals surface area contributed by atoms with Crippen molar-refractivity contribution in [1.82, 2.24) is 14.7 Å². The Labute approximate surface area is 170 Å². The molecule has 0 saturated carbocycles. The molecule has 29 heavy (non-hydrogen) atoms. The number of nitrogens with one attached hydrogen (secondary N) is 1. The maximum atomic E-state index is 13.3. The Morgan fingerprint density at radius 3 is 2.66 bits per heavy atom. The van der Waals surface area contributed by atoms with Crippen LogP contribution in [0.3, 0.4) is 0 Å². The molecule has 4 rings (SSSR count). The van der Waals surface area contributed by atoms with Crippen molar-refractivity contribution in [3.8, 4) is 0 Å². The molecule has 0 bridgehead atoms. The molecule has 6 heteroatoms. The first-order valence-corrected chi connectivity index (χ1v) is 10.00. The number of halogens is 1. The van der Waals surface area contributed by atoms with Crippen LogP contribution in [0, 0.1) is 5.82 Å². The molecule has 5 nitrogen and oxygen atoms in total. The zero-order valence-electron chi connectivity index (χ0n) is 16.3. The molecule has 1 aromatic heterocycles. The zero-order valence-corrected chi connectivity index (χ0v) is 16.3. The van der Waals surface area contributed by atoms with E-state index >= 15 is 0 Å². The van der Waals surface area contributed by atoms with Gasteiger partial charge < -0.3 is 5.32 Å². The molecule has 1 amide bonds. The number of aromatic nitrogens is 2. The Kier molecular flexibility index (Phi) is 6.00. The van der Waals surface area contributed by atoms with Crippen molar-refractivity contribution in [2.45, 2.75) is 25.3 Å². The van der Waals surface area contributed by atoms with Crippen LogP contribution in [0.4, 0.5) is 10.1 Å². The number of carbonyl (C=O) groups is 1. The van der Waals surface area contributed by atoms with E-state index in [2.05, 4.69) is 39.6 Å². The summed E-state index contributed by atoms with van der Waals surface area (Å²) in [5.74, 6) is 0.282. The lowest BCUT2D eigenvalue weighted by Gasteiger charge is -2.31. The van der Waals surface area contributed by atoms with Gasteiger partial charge in [-0.05, 0) is 55.1 Å². The minimum Gasteiger partial charge on any atom is -0.322 e. The monoisotopic (exact) mass is 392 g/mol. The topological polar surface area (TPSA) is 50.2 Å². The smallest absolute Gasteiger partial charge is 0.238 e. The van der Waals surface area contributed by atoms with E-state index < -0.39 is 0 Å². The van der Waals surface area contributed by atoms with Crippen molar-refractivity contribution in [2.24, 2.45) is 0 Å². The molecular weight excluding hydrogens is 367 g/mol. The number of carbonyl (C=O) groups excluding carboxylic acids is 1. The highest BCUT2D eigenvalue weighted by Crippen LogP contribution is 2.27. The lowest BCUT2D eigenvalue weighted by molar-refractivity contribution is -0.117. The van der Waals surface area contributed by atoms with Crippen LogP contribution in [0.5, 0.6) is 0 Å². The second-order valence-electron chi connectivity index (χ2n) is 7.57. The van der Waals surface area contributed by atoms with E-state index in [9.17, 15) is 9.18 Å². The van der Waals surface area contributed by atoms with Gasteiger partial charge in [0.25, 0.3) is 0 Å². The van der Waals surface area contributed by atoms with E-state index in [1.165, 1.54) is 17.7 Å². The quantitative estimate of drug-likeness (QED) is 0.692. The summed E-state index contributed by atoms with van der Waals surface area (Å²) in [6.07, 6.45) is 5.54. The Hall–Kier alpha value is -2.99. The highest BCUT2D eigenvalue weighted by atomic mass is 19.1. The van der Waals surface area contributed by atoms with E-state index in [0.29, 0.717) is 24.7 Å². The predicted octanol–water partition coefficient (Wildman–Crippen LogP) is 3.89. The molecule has 1 saturated heterocycles. The predicted molar refractivity (Wildman–Crippen MR) is 111 cm³/mol. The Bertz CT molecular complexity index is 948. The normalized spacial score (nSPS) is 15.3. The van der Waals surface area contributed by atoms with E-state index in [-0.39, 0.29) is 11.7 Å². The average molecular weight is 392 g/mol. The van der Waals surface area contributed by atoms with Crippen molar-refractivity contribution in [3.05, 3.63) is 83.9 Å². The lowest BCUT2D eigenvalue weighted by Crippen LogP contribution is -2.38. The summed E-state index contributed by atoms with van der Waals surface area (Å²) >= 11 is 0. The van der Waals surface area contributed by atoms with E-state index in [1.807, 2.05) is 12.1 Å². The number of hydrogen-bond acceptors (Lipinski definition) is 3. The van der Waals surface area contributed by atoms with E-state index in [1.54, 1.807) is 23.1 Å². The minimum absolute atomic E-state index is 0.0338. The van der Waals surface area contributed by atoms with Crippen molar-refractivity contribution >= 4 is 11.6 Å². The Morgan fingerprint density at radius 2 is 1.90 bits per heavy atom. The van der Waals surface area contributed by atoms with Crippen LogP contribution in [-0.4, -0.2) is 40.2 Å². The number of piperidine rings is 1. The molecule has 2 aromatic carbocycles. The van der Waals surface area contributed by atoms with Crippen LogP contribution >= 0.6 is 0 Å². The molecule has 1 aliphatic heterocycles. The van der Waals surface area contributed by atoms with Gasteiger partial charge in [0.05, 0.1) is 25.0 Å². The van der Waals surface area contributed by atoms with Crippen molar-refractivity contribution in [3.63, 3.8) is 0 Å². The van der Waals surface area contributed by atoms with Crippen molar-refractivity contribution < 1.29 is 9.18 Å². The van der Waals surface area contributed by atoms with Gasteiger partial charge >= 0.3 is 0 Å². The first kappa shape index (κ1) is 19.3. The molecule has 0 radical (unpaired) electrons. The molecule has 0 atom stereocenters. The summed E-state index contributed by atoms with van der Waals surface area (Å²) < 4.78 is 15.0. The van der Waals surface area contributed by atoms with E-state index in [4.69, 9.17) is 0 Å². The molecule has 1 aliphatic rings. The molecule has 0 spiro atoms. The van der Waals surface area contributed by atoms with Gasteiger partial charge in [0, 0.05) is 6.20 Å². The fraction of sp³-hybridized carbons (Fsp3) is 0.304. The maximum absolute atomic E-state index is 13.3. The SMILES string of the molecule is O=C(CN1CCC(c2ccccc2)CC1)Nc1cnn(Cc2cccc(F)c2)c1. The third kappa shape index (κ3) is 5.29. The van der Waals surface area contributed by atoms with Crippen molar-refractivity contribution in [2.75, 3.05) is 25.0 Å². The summed E-state index contributed by atoms with van der Waals surface area (Å²) in [6.45, 7) is 2.69. The second kappa shape index (κ2) is 9.01. The number of amides is 1.